The number of carboxylic acids is 1. The topological polar surface area (TPSA) is 95.5 Å². The molecule has 2 atom stereocenters. The van der Waals surface area contributed by atoms with E-state index in [1.807, 2.05) is 30.3 Å². The van der Waals surface area contributed by atoms with Crippen LogP contribution in [0.4, 0.5) is 0 Å². The third-order valence-corrected chi connectivity index (χ3v) is 3.82. The largest absolute Gasteiger partial charge is 0.481 e. The van der Waals surface area contributed by atoms with Crippen molar-refractivity contribution in [1.82, 2.24) is 10.6 Å². The second-order valence-electron chi connectivity index (χ2n) is 5.88. The molecule has 2 unspecified atom stereocenters. The maximum Gasteiger partial charge on any atom is 0.308 e. The standard InChI is InChI=1S/C18H26N2O4/c1-13(18(23)24)17(15-9-5-3-6-10-15)20-16(22)11-7-4-8-12-19-14(2)21/h3,5-6,9-10,13,17H,4,7-8,11-12H2,1-2H3,(H,19,21)(H,20,22)(H,23,24). The third-order valence-electron chi connectivity index (χ3n) is 3.82. The molecule has 24 heavy (non-hydrogen) atoms. The summed E-state index contributed by atoms with van der Waals surface area (Å²) in [5, 5.41) is 14.8. The summed E-state index contributed by atoms with van der Waals surface area (Å²) < 4.78 is 0. The Bertz CT molecular complexity index is 545. The van der Waals surface area contributed by atoms with E-state index < -0.39 is 17.9 Å². The van der Waals surface area contributed by atoms with Crippen LogP contribution >= 0.6 is 0 Å². The molecule has 0 saturated carbocycles. The predicted molar refractivity (Wildman–Crippen MR) is 91.3 cm³/mol. The Hall–Kier alpha value is -2.37. The molecule has 0 fully saturated rings. The van der Waals surface area contributed by atoms with E-state index in [1.54, 1.807) is 6.92 Å². The lowest BCUT2D eigenvalue weighted by molar-refractivity contribution is -0.142. The molecule has 0 aromatic heterocycles. The number of nitrogens with one attached hydrogen (secondary N) is 2. The van der Waals surface area contributed by atoms with Crippen LogP contribution in [0.15, 0.2) is 30.3 Å². The molecule has 0 spiro atoms. The van der Waals surface area contributed by atoms with Crippen LogP contribution in [0.2, 0.25) is 0 Å². The molecule has 1 aromatic rings. The number of aliphatic carboxylic acids is 1. The first-order valence-electron chi connectivity index (χ1n) is 8.23. The van der Waals surface area contributed by atoms with E-state index in [-0.39, 0.29) is 11.8 Å². The summed E-state index contributed by atoms with van der Waals surface area (Å²) in [6.45, 7) is 3.67. The molecule has 0 heterocycles. The Kier molecular flexibility index (Phi) is 8.54. The van der Waals surface area contributed by atoms with Gasteiger partial charge in [-0.15, -0.1) is 0 Å². The van der Waals surface area contributed by atoms with Crippen molar-refractivity contribution in [2.45, 2.75) is 45.6 Å². The quantitative estimate of drug-likeness (QED) is 0.572. The Morgan fingerprint density at radius 3 is 2.33 bits per heavy atom. The summed E-state index contributed by atoms with van der Waals surface area (Å²) >= 11 is 0. The van der Waals surface area contributed by atoms with Crippen molar-refractivity contribution in [3.05, 3.63) is 35.9 Å². The number of carbonyl (C=O) groups excluding carboxylic acids is 2. The van der Waals surface area contributed by atoms with Gasteiger partial charge < -0.3 is 15.7 Å². The van der Waals surface area contributed by atoms with Gasteiger partial charge in [0.1, 0.15) is 0 Å². The van der Waals surface area contributed by atoms with E-state index in [1.165, 1.54) is 6.92 Å². The second kappa shape index (κ2) is 10.4. The molecule has 2 amide bonds. The maximum atomic E-state index is 12.1. The summed E-state index contributed by atoms with van der Waals surface area (Å²) in [5.41, 5.74) is 0.784. The molecule has 0 saturated heterocycles. The molecular formula is C18H26N2O4. The summed E-state index contributed by atoms with van der Waals surface area (Å²) in [4.78, 5) is 34.2. The van der Waals surface area contributed by atoms with Gasteiger partial charge in [0.25, 0.3) is 0 Å². The minimum absolute atomic E-state index is 0.0545. The fourth-order valence-corrected chi connectivity index (χ4v) is 2.40. The van der Waals surface area contributed by atoms with E-state index in [4.69, 9.17) is 0 Å². The van der Waals surface area contributed by atoms with Gasteiger partial charge in [0.2, 0.25) is 11.8 Å². The SMILES string of the molecule is CC(=O)NCCCCCC(=O)NC(c1ccccc1)C(C)C(=O)O. The minimum Gasteiger partial charge on any atom is -0.481 e. The minimum atomic E-state index is -0.945. The molecule has 1 aromatic carbocycles. The molecule has 1 rings (SSSR count). The van der Waals surface area contributed by atoms with Crippen molar-refractivity contribution in [2.75, 3.05) is 6.54 Å². The number of unbranched alkanes of at least 4 members (excludes halogenated alkanes) is 2. The number of rotatable bonds is 10. The number of hydrogen-bond donors (Lipinski definition) is 3. The molecule has 6 heteroatoms. The molecule has 0 aliphatic rings. The Labute approximate surface area is 142 Å². The van der Waals surface area contributed by atoms with Crippen LogP contribution in [0.5, 0.6) is 0 Å². The van der Waals surface area contributed by atoms with E-state index in [0.29, 0.717) is 19.4 Å². The summed E-state index contributed by atoms with van der Waals surface area (Å²) in [6.07, 6.45) is 2.70. The van der Waals surface area contributed by atoms with Gasteiger partial charge in [0, 0.05) is 19.9 Å². The first-order chi connectivity index (χ1) is 11.4. The van der Waals surface area contributed by atoms with Gasteiger partial charge in [0.15, 0.2) is 0 Å². The van der Waals surface area contributed by atoms with Crippen LogP contribution in [-0.2, 0) is 14.4 Å². The molecule has 0 bridgehead atoms. The van der Waals surface area contributed by atoms with Crippen LogP contribution in [0, 0.1) is 5.92 Å². The van der Waals surface area contributed by atoms with Gasteiger partial charge in [-0.1, -0.05) is 36.8 Å². The highest BCUT2D eigenvalue weighted by molar-refractivity contribution is 5.78. The summed E-state index contributed by atoms with van der Waals surface area (Å²) in [6, 6.07) is 8.59. The van der Waals surface area contributed by atoms with Crippen LogP contribution in [-0.4, -0.2) is 29.4 Å². The smallest absolute Gasteiger partial charge is 0.308 e. The summed E-state index contributed by atoms with van der Waals surface area (Å²) in [5.74, 6) is -1.87. The Morgan fingerprint density at radius 1 is 1.08 bits per heavy atom. The number of benzene rings is 1. The normalized spacial score (nSPS) is 12.9. The van der Waals surface area contributed by atoms with Gasteiger partial charge in [-0.25, -0.2) is 0 Å². The van der Waals surface area contributed by atoms with E-state index in [0.717, 1.165) is 18.4 Å². The lowest BCUT2D eigenvalue weighted by atomic mass is 9.94. The van der Waals surface area contributed by atoms with Crippen LogP contribution in [0.3, 0.4) is 0 Å². The number of carboxylic acid groups (broad SMARTS) is 1. The summed E-state index contributed by atoms with van der Waals surface area (Å²) in [7, 11) is 0. The maximum absolute atomic E-state index is 12.1. The highest BCUT2D eigenvalue weighted by Gasteiger charge is 2.26. The van der Waals surface area contributed by atoms with E-state index in [9.17, 15) is 19.5 Å². The zero-order valence-electron chi connectivity index (χ0n) is 14.2. The van der Waals surface area contributed by atoms with Gasteiger partial charge in [-0.2, -0.15) is 0 Å². The fraction of sp³-hybridized carbons (Fsp3) is 0.500. The fourth-order valence-electron chi connectivity index (χ4n) is 2.40. The monoisotopic (exact) mass is 334 g/mol. The van der Waals surface area contributed by atoms with Crippen molar-refractivity contribution >= 4 is 17.8 Å². The van der Waals surface area contributed by atoms with Crippen molar-refractivity contribution in [3.63, 3.8) is 0 Å². The predicted octanol–water partition coefficient (Wildman–Crippen LogP) is 2.26. The molecule has 0 radical (unpaired) electrons. The first-order valence-corrected chi connectivity index (χ1v) is 8.23. The number of amides is 2. The van der Waals surface area contributed by atoms with Crippen molar-refractivity contribution in [1.29, 1.82) is 0 Å². The molecule has 6 nitrogen and oxygen atoms in total. The van der Waals surface area contributed by atoms with Crippen molar-refractivity contribution < 1.29 is 19.5 Å². The Morgan fingerprint density at radius 2 is 1.75 bits per heavy atom. The highest BCUT2D eigenvalue weighted by atomic mass is 16.4. The number of hydrogen-bond acceptors (Lipinski definition) is 3. The average Bonchev–Trinajstić information content (AvgIpc) is 2.55. The number of carbonyl (C=O) groups is 3. The lowest BCUT2D eigenvalue weighted by Gasteiger charge is -2.23. The van der Waals surface area contributed by atoms with Gasteiger partial charge in [0.05, 0.1) is 12.0 Å². The molecule has 3 N–H and O–H groups in total. The van der Waals surface area contributed by atoms with E-state index in [2.05, 4.69) is 10.6 Å². The zero-order chi connectivity index (χ0) is 17.9. The van der Waals surface area contributed by atoms with Crippen molar-refractivity contribution in [3.8, 4) is 0 Å². The van der Waals surface area contributed by atoms with E-state index >= 15 is 0 Å². The molecule has 0 aliphatic carbocycles. The van der Waals surface area contributed by atoms with Gasteiger partial charge >= 0.3 is 5.97 Å². The molecule has 132 valence electrons. The first kappa shape index (κ1) is 19.7. The zero-order valence-corrected chi connectivity index (χ0v) is 14.2. The molecule has 0 aliphatic heterocycles. The highest BCUT2D eigenvalue weighted by Crippen LogP contribution is 2.22. The average molecular weight is 334 g/mol. The van der Waals surface area contributed by atoms with Crippen molar-refractivity contribution in [2.24, 2.45) is 5.92 Å². The van der Waals surface area contributed by atoms with Crippen LogP contribution in [0.1, 0.15) is 51.1 Å². The molecular weight excluding hydrogens is 308 g/mol. The Balaban J connectivity index is 2.47. The second-order valence-corrected chi connectivity index (χ2v) is 5.88. The third kappa shape index (κ3) is 7.26. The van der Waals surface area contributed by atoms with Gasteiger partial charge in [-0.05, 0) is 25.3 Å². The van der Waals surface area contributed by atoms with Crippen LogP contribution in [0.25, 0.3) is 0 Å². The van der Waals surface area contributed by atoms with Gasteiger partial charge in [-0.3, -0.25) is 14.4 Å². The lowest BCUT2D eigenvalue weighted by Crippen LogP contribution is -2.35. The van der Waals surface area contributed by atoms with Crippen LogP contribution < -0.4 is 10.6 Å².